The Morgan fingerprint density at radius 1 is 1.29 bits per heavy atom. The molecule has 0 aliphatic heterocycles. The van der Waals surface area contributed by atoms with Gasteiger partial charge in [-0.25, -0.2) is 4.98 Å². The van der Waals surface area contributed by atoms with Gasteiger partial charge in [-0.05, 0) is 55.9 Å². The average Bonchev–Trinajstić information content (AvgIpc) is 2.85. The van der Waals surface area contributed by atoms with Crippen molar-refractivity contribution in [1.82, 2.24) is 4.98 Å². The van der Waals surface area contributed by atoms with E-state index in [9.17, 15) is 10.1 Å². The molecule has 4 nitrogen and oxygen atoms in total. The summed E-state index contributed by atoms with van der Waals surface area (Å²) in [6.45, 7) is 2.06. The number of benzene rings is 1. The van der Waals surface area contributed by atoms with Crippen molar-refractivity contribution in [1.29, 1.82) is 5.26 Å². The number of amides is 1. The second-order valence-electron chi connectivity index (χ2n) is 7.01. The minimum absolute atomic E-state index is 0.0921. The molecule has 28 heavy (non-hydrogen) atoms. The highest BCUT2D eigenvalue weighted by molar-refractivity contribution is 7.99. The van der Waals surface area contributed by atoms with Crippen molar-refractivity contribution in [3.05, 3.63) is 51.9 Å². The Kier molecular flexibility index (Phi) is 5.65. The number of thioether (sulfide) groups is 1. The molecule has 4 rings (SSSR count). The predicted octanol–water partition coefficient (Wildman–Crippen LogP) is 5.48. The fourth-order valence-corrected chi connectivity index (χ4v) is 5.67. The predicted molar refractivity (Wildman–Crippen MR) is 116 cm³/mol. The highest BCUT2D eigenvalue weighted by atomic mass is 32.2. The van der Waals surface area contributed by atoms with E-state index in [4.69, 9.17) is 0 Å². The van der Waals surface area contributed by atoms with Crippen LogP contribution in [0.4, 0.5) is 5.00 Å². The minimum Gasteiger partial charge on any atom is -0.316 e. The molecule has 0 spiro atoms. The van der Waals surface area contributed by atoms with E-state index in [0.29, 0.717) is 10.6 Å². The van der Waals surface area contributed by atoms with Crippen LogP contribution in [0.25, 0.3) is 10.9 Å². The number of nitrogens with one attached hydrogen (secondary N) is 1. The molecular formula is C22H21N3OS2. The molecule has 2 aromatic heterocycles. The summed E-state index contributed by atoms with van der Waals surface area (Å²) in [7, 11) is 0. The number of para-hydroxylation sites is 1. The summed E-state index contributed by atoms with van der Waals surface area (Å²) in [5, 5.41) is 15.3. The van der Waals surface area contributed by atoms with Gasteiger partial charge in [-0.2, -0.15) is 5.26 Å². The number of fused-ring (bicyclic) bond motifs is 2. The molecule has 1 aliphatic carbocycles. The molecule has 0 bridgehead atoms. The number of aryl methyl sites for hydroxylation is 2. The Labute approximate surface area is 173 Å². The maximum absolute atomic E-state index is 12.5. The molecule has 0 radical (unpaired) electrons. The van der Waals surface area contributed by atoms with Crippen LogP contribution in [0.5, 0.6) is 0 Å². The summed E-state index contributed by atoms with van der Waals surface area (Å²) >= 11 is 3.00. The summed E-state index contributed by atoms with van der Waals surface area (Å²) in [5.41, 5.74) is 3.92. The number of nitrogens with zero attached hydrogens (tertiary/aromatic N) is 2. The van der Waals surface area contributed by atoms with Crippen molar-refractivity contribution >= 4 is 44.9 Å². The van der Waals surface area contributed by atoms with E-state index in [1.807, 2.05) is 24.3 Å². The number of hydrogen-bond donors (Lipinski definition) is 1. The lowest BCUT2D eigenvalue weighted by molar-refractivity contribution is -0.113. The fraction of sp³-hybridized carbons (Fsp3) is 0.318. The monoisotopic (exact) mass is 407 g/mol. The lowest BCUT2D eigenvalue weighted by atomic mass is 10.1. The van der Waals surface area contributed by atoms with Gasteiger partial charge in [0.05, 0.1) is 21.9 Å². The van der Waals surface area contributed by atoms with E-state index >= 15 is 0 Å². The third-order valence-electron chi connectivity index (χ3n) is 5.04. The molecule has 0 unspecified atom stereocenters. The van der Waals surface area contributed by atoms with E-state index in [-0.39, 0.29) is 11.7 Å². The number of anilines is 1. The first kappa shape index (κ1) is 19.0. The molecule has 1 amide bonds. The van der Waals surface area contributed by atoms with Gasteiger partial charge in [0.2, 0.25) is 5.91 Å². The maximum Gasteiger partial charge on any atom is 0.235 e. The van der Waals surface area contributed by atoms with Crippen LogP contribution in [-0.4, -0.2) is 16.6 Å². The highest BCUT2D eigenvalue weighted by Gasteiger charge is 2.21. The van der Waals surface area contributed by atoms with Gasteiger partial charge in [0.25, 0.3) is 0 Å². The quantitative estimate of drug-likeness (QED) is 0.460. The summed E-state index contributed by atoms with van der Waals surface area (Å²) in [6.07, 6.45) is 5.45. The van der Waals surface area contributed by atoms with E-state index < -0.39 is 0 Å². The van der Waals surface area contributed by atoms with Crippen LogP contribution >= 0.6 is 23.1 Å². The number of carbonyl (C=O) groups excluding carboxylic acids is 1. The summed E-state index contributed by atoms with van der Waals surface area (Å²) < 4.78 is 0. The van der Waals surface area contributed by atoms with E-state index in [1.165, 1.54) is 23.1 Å². The van der Waals surface area contributed by atoms with Gasteiger partial charge >= 0.3 is 0 Å². The number of pyridine rings is 1. The van der Waals surface area contributed by atoms with Crippen molar-refractivity contribution in [3.8, 4) is 6.07 Å². The number of thiophene rings is 1. The molecule has 1 aromatic carbocycles. The third-order valence-corrected chi connectivity index (χ3v) is 7.16. The Morgan fingerprint density at radius 2 is 2.11 bits per heavy atom. The number of hydrogen-bond acceptors (Lipinski definition) is 5. The van der Waals surface area contributed by atoms with Gasteiger partial charge in [0.1, 0.15) is 11.1 Å². The van der Waals surface area contributed by atoms with Crippen molar-refractivity contribution < 1.29 is 4.79 Å². The zero-order chi connectivity index (χ0) is 19.5. The van der Waals surface area contributed by atoms with Crippen LogP contribution in [0.3, 0.4) is 0 Å². The SMILES string of the molecule is Cc1cc(SCC(=O)Nc2sc3c(c2C#N)CCCCC3)nc2ccccc12. The molecule has 1 N–H and O–H groups in total. The molecule has 1 aliphatic rings. The first-order valence-corrected chi connectivity index (χ1v) is 11.3. The van der Waals surface area contributed by atoms with Gasteiger partial charge in [0.15, 0.2) is 0 Å². The standard InChI is InChI=1S/C22H21N3OS2/c1-14-11-21(24-18-9-6-5-7-15(14)18)27-13-20(26)25-22-17(12-23)16-8-3-2-4-10-19(16)28-22/h5-7,9,11H,2-4,8,10,13H2,1H3,(H,25,26). The highest BCUT2D eigenvalue weighted by Crippen LogP contribution is 2.37. The first-order chi connectivity index (χ1) is 13.7. The second-order valence-corrected chi connectivity index (χ2v) is 9.11. The molecule has 3 aromatic rings. The van der Waals surface area contributed by atoms with Crippen LogP contribution in [0.2, 0.25) is 0 Å². The zero-order valence-corrected chi connectivity index (χ0v) is 17.4. The number of aromatic nitrogens is 1. The Hall–Kier alpha value is -2.36. The third kappa shape index (κ3) is 3.91. The van der Waals surface area contributed by atoms with E-state index in [0.717, 1.165) is 52.7 Å². The van der Waals surface area contributed by atoms with Crippen LogP contribution in [0, 0.1) is 18.3 Å². The second kappa shape index (κ2) is 8.34. The zero-order valence-electron chi connectivity index (χ0n) is 15.7. The van der Waals surface area contributed by atoms with Crippen LogP contribution in [-0.2, 0) is 17.6 Å². The number of carbonyl (C=O) groups is 1. The smallest absolute Gasteiger partial charge is 0.235 e. The van der Waals surface area contributed by atoms with Crippen LogP contribution < -0.4 is 5.32 Å². The fourth-order valence-electron chi connectivity index (χ4n) is 3.64. The maximum atomic E-state index is 12.5. The Balaban J connectivity index is 1.46. The molecular weight excluding hydrogens is 386 g/mol. The van der Waals surface area contributed by atoms with Crippen LogP contribution in [0.15, 0.2) is 35.4 Å². The summed E-state index contributed by atoms with van der Waals surface area (Å²) in [5.74, 6) is 0.184. The van der Waals surface area contributed by atoms with Gasteiger partial charge in [0, 0.05) is 10.3 Å². The first-order valence-electron chi connectivity index (χ1n) is 9.49. The van der Waals surface area contributed by atoms with E-state index in [2.05, 4.69) is 29.4 Å². The number of rotatable bonds is 4. The van der Waals surface area contributed by atoms with Crippen molar-refractivity contribution in [2.24, 2.45) is 0 Å². The molecule has 2 heterocycles. The largest absolute Gasteiger partial charge is 0.316 e. The molecule has 6 heteroatoms. The Bertz CT molecular complexity index is 1080. The van der Waals surface area contributed by atoms with Crippen LogP contribution in [0.1, 0.15) is 40.8 Å². The lowest BCUT2D eigenvalue weighted by Gasteiger charge is -2.07. The topological polar surface area (TPSA) is 65.8 Å². The minimum atomic E-state index is -0.0921. The van der Waals surface area contributed by atoms with Crippen molar-refractivity contribution in [2.75, 3.05) is 11.1 Å². The molecule has 0 fully saturated rings. The van der Waals surface area contributed by atoms with Gasteiger partial charge in [-0.15, -0.1) is 11.3 Å². The lowest BCUT2D eigenvalue weighted by Crippen LogP contribution is -2.14. The molecule has 142 valence electrons. The van der Waals surface area contributed by atoms with Crippen molar-refractivity contribution in [3.63, 3.8) is 0 Å². The van der Waals surface area contributed by atoms with E-state index in [1.54, 1.807) is 11.3 Å². The summed E-state index contributed by atoms with van der Waals surface area (Å²) in [6, 6.07) is 12.4. The van der Waals surface area contributed by atoms with Gasteiger partial charge in [-0.1, -0.05) is 36.4 Å². The van der Waals surface area contributed by atoms with Gasteiger partial charge in [-0.3, -0.25) is 4.79 Å². The average molecular weight is 408 g/mol. The Morgan fingerprint density at radius 3 is 2.96 bits per heavy atom. The molecule has 0 atom stereocenters. The summed E-state index contributed by atoms with van der Waals surface area (Å²) in [4.78, 5) is 18.4. The molecule has 0 saturated heterocycles. The van der Waals surface area contributed by atoms with Crippen molar-refractivity contribution in [2.45, 2.75) is 44.1 Å². The molecule has 0 saturated carbocycles. The van der Waals surface area contributed by atoms with Gasteiger partial charge < -0.3 is 5.32 Å². The number of nitriles is 1. The normalized spacial score (nSPS) is 13.6.